The number of nitrogens with one attached hydrogen (secondary N) is 2. The van der Waals surface area contributed by atoms with Gasteiger partial charge >= 0.3 is 11.9 Å². The smallest absolute Gasteiger partial charge is 0.344 e. The van der Waals surface area contributed by atoms with E-state index in [1.54, 1.807) is 11.9 Å². The van der Waals surface area contributed by atoms with Crippen LogP contribution in [-0.2, 0) is 33.4 Å². The molecule has 0 amide bonds. The van der Waals surface area contributed by atoms with Gasteiger partial charge in [0.1, 0.15) is 23.4 Å². The van der Waals surface area contributed by atoms with Crippen LogP contribution in [0.5, 0.6) is 0 Å². The van der Waals surface area contributed by atoms with Gasteiger partial charge in [-0.15, -0.1) is 0 Å². The Bertz CT molecular complexity index is 1790. The van der Waals surface area contributed by atoms with Crippen LogP contribution in [0.3, 0.4) is 0 Å². The molecule has 47 heavy (non-hydrogen) atoms. The van der Waals surface area contributed by atoms with Gasteiger partial charge in [-0.3, -0.25) is 20.2 Å². The van der Waals surface area contributed by atoms with Crippen LogP contribution >= 0.6 is 0 Å². The van der Waals surface area contributed by atoms with E-state index in [4.69, 9.17) is 14.2 Å². The van der Waals surface area contributed by atoms with E-state index in [0.717, 1.165) is 12.2 Å². The molecule has 0 fully saturated rings. The second-order valence-electron chi connectivity index (χ2n) is 10.1. The normalized spacial score (nSPS) is 17.4. The Balaban J connectivity index is 1.83. The van der Waals surface area contributed by atoms with Gasteiger partial charge in [-0.1, -0.05) is 24.3 Å². The average molecular weight is 643 g/mol. The van der Waals surface area contributed by atoms with Crippen LogP contribution in [0.2, 0.25) is 0 Å². The van der Waals surface area contributed by atoms with Crippen molar-refractivity contribution in [2.45, 2.75) is 25.7 Å². The quantitative estimate of drug-likeness (QED) is 0.125. The molecule has 2 aromatic carbocycles. The third kappa shape index (κ3) is 6.61. The molecule has 2 aliphatic rings. The fourth-order valence-corrected chi connectivity index (χ4v) is 5.46. The van der Waals surface area contributed by atoms with E-state index in [-0.39, 0.29) is 68.0 Å². The Morgan fingerprint density at radius 1 is 0.745 bits per heavy atom. The lowest BCUT2D eigenvalue weighted by Crippen LogP contribution is -2.33. The Labute approximate surface area is 266 Å². The number of hydrogen-bond donors (Lipinski definition) is 2. The number of dihydropyridines is 2. The minimum absolute atomic E-state index is 0.0120. The summed E-state index contributed by atoms with van der Waals surface area (Å²) in [6, 6.07) is 10.7. The summed E-state index contributed by atoms with van der Waals surface area (Å²) in [6.07, 6.45) is 2.05. The number of hydrogen-bond acceptors (Lipinski definition) is 13. The minimum Gasteiger partial charge on any atom is -0.498 e. The van der Waals surface area contributed by atoms with Crippen molar-refractivity contribution >= 4 is 35.2 Å². The number of carbonyl (C=O) groups excluding carboxylic acids is 4. The molecular formula is C32H26N4O11. The van der Waals surface area contributed by atoms with E-state index in [1.165, 1.54) is 76.6 Å². The van der Waals surface area contributed by atoms with Gasteiger partial charge in [-0.05, 0) is 25.0 Å². The summed E-state index contributed by atoms with van der Waals surface area (Å²) < 4.78 is 16.5. The maximum atomic E-state index is 13.9. The first kappa shape index (κ1) is 33.3. The molecule has 0 radical (unpaired) electrons. The van der Waals surface area contributed by atoms with Gasteiger partial charge in [-0.2, -0.15) is 0 Å². The second-order valence-corrected chi connectivity index (χ2v) is 10.1. The summed E-state index contributed by atoms with van der Waals surface area (Å²) in [7, 11) is 2.54. The maximum Gasteiger partial charge on any atom is 0.344 e. The first-order valence-corrected chi connectivity index (χ1v) is 13.7. The number of benzene rings is 2. The molecule has 2 heterocycles. The van der Waals surface area contributed by atoms with Crippen molar-refractivity contribution in [3.05, 3.63) is 137 Å². The number of carbonyl (C=O) groups is 2. The van der Waals surface area contributed by atoms with Crippen molar-refractivity contribution in [3.8, 4) is 0 Å². The Morgan fingerprint density at radius 2 is 1.13 bits per heavy atom. The molecule has 15 heteroatoms. The third-order valence-electron chi connectivity index (χ3n) is 7.39. The van der Waals surface area contributed by atoms with Gasteiger partial charge in [0.25, 0.3) is 11.4 Å². The SMILES string of the molecule is COC1=C(C=C=O)NC(C)=C(C(=O)OC(=O)C2=C(C)NC(C=C=O)=C(OC)C2c2cccc([N+](=O)[O-])c2)C1c1cccc([N+](=O)[O-])c1. The van der Waals surface area contributed by atoms with E-state index >= 15 is 0 Å². The minimum atomic E-state index is -1.17. The van der Waals surface area contributed by atoms with Crippen LogP contribution in [0, 0.1) is 20.2 Å². The summed E-state index contributed by atoms with van der Waals surface area (Å²) in [6.45, 7) is 2.94. The Kier molecular flexibility index (Phi) is 9.95. The molecule has 2 atom stereocenters. The van der Waals surface area contributed by atoms with E-state index in [1.807, 2.05) is 0 Å². The van der Waals surface area contributed by atoms with Crippen LogP contribution < -0.4 is 10.6 Å². The van der Waals surface area contributed by atoms with Crippen molar-refractivity contribution in [3.63, 3.8) is 0 Å². The summed E-state index contributed by atoms with van der Waals surface area (Å²) in [5.41, 5.74) is 0.0208. The second kappa shape index (κ2) is 14.0. The topological polar surface area (TPSA) is 206 Å². The molecule has 0 saturated carbocycles. The molecule has 0 spiro atoms. The van der Waals surface area contributed by atoms with E-state index in [9.17, 15) is 39.4 Å². The van der Waals surface area contributed by atoms with Crippen LogP contribution in [0.25, 0.3) is 0 Å². The van der Waals surface area contributed by atoms with E-state index < -0.39 is 33.6 Å². The van der Waals surface area contributed by atoms with Gasteiger partial charge in [-0.25, -0.2) is 19.2 Å². The van der Waals surface area contributed by atoms with Crippen LogP contribution in [-0.4, -0.2) is 47.9 Å². The molecule has 0 bridgehead atoms. The highest BCUT2D eigenvalue weighted by atomic mass is 16.6. The predicted octanol–water partition coefficient (Wildman–Crippen LogP) is 3.69. The van der Waals surface area contributed by atoms with Gasteiger partial charge in [0.2, 0.25) is 0 Å². The molecule has 2 aromatic rings. The number of allylic oxidation sites excluding steroid dienone is 6. The van der Waals surface area contributed by atoms with Gasteiger partial charge in [0.05, 0.1) is 58.4 Å². The number of rotatable bonds is 10. The zero-order valence-corrected chi connectivity index (χ0v) is 25.3. The number of esters is 2. The Morgan fingerprint density at radius 3 is 1.45 bits per heavy atom. The van der Waals surface area contributed by atoms with Gasteiger partial charge in [0.15, 0.2) is 0 Å². The van der Waals surface area contributed by atoms with Crippen molar-refractivity contribution in [2.75, 3.05) is 14.2 Å². The zero-order valence-electron chi connectivity index (χ0n) is 25.3. The fourth-order valence-electron chi connectivity index (χ4n) is 5.46. The first-order chi connectivity index (χ1) is 22.5. The third-order valence-corrected chi connectivity index (χ3v) is 7.39. The van der Waals surface area contributed by atoms with Crippen LogP contribution in [0.1, 0.15) is 36.8 Å². The summed E-state index contributed by atoms with van der Waals surface area (Å²) in [4.78, 5) is 72.3. The van der Waals surface area contributed by atoms with Crippen molar-refractivity contribution in [1.82, 2.24) is 10.6 Å². The van der Waals surface area contributed by atoms with Gasteiger partial charge in [0, 0.05) is 47.8 Å². The fraction of sp³-hybridized carbons (Fsp3) is 0.188. The maximum absolute atomic E-state index is 13.9. The number of nitro benzene ring substituents is 2. The average Bonchev–Trinajstić information content (AvgIpc) is 3.04. The molecule has 240 valence electrons. The van der Waals surface area contributed by atoms with Crippen molar-refractivity contribution in [2.24, 2.45) is 0 Å². The molecule has 2 N–H and O–H groups in total. The van der Waals surface area contributed by atoms with Crippen molar-refractivity contribution in [1.29, 1.82) is 0 Å². The molecule has 4 rings (SSSR count). The molecule has 0 saturated heterocycles. The summed E-state index contributed by atoms with van der Waals surface area (Å²) >= 11 is 0. The molecule has 0 aliphatic carbocycles. The van der Waals surface area contributed by atoms with Crippen LogP contribution in [0.4, 0.5) is 11.4 Å². The predicted molar refractivity (Wildman–Crippen MR) is 163 cm³/mol. The number of ether oxygens (including phenoxy) is 3. The molecule has 2 unspecified atom stereocenters. The largest absolute Gasteiger partial charge is 0.498 e. The number of non-ortho nitro benzene ring substituents is 2. The van der Waals surface area contributed by atoms with Gasteiger partial charge < -0.3 is 24.8 Å². The summed E-state index contributed by atoms with van der Waals surface area (Å²) in [5, 5.41) is 28.8. The standard InChI is InChI=1S/C32H26N4O11/c1-17-25(27(29(45-3)23(33-17)11-13-37)19-7-5-9-21(15-19)35(41)42)31(39)47-32(40)26-18(2)34-24(12-14-38)30(46-4)28(26)20-8-6-10-22(16-20)36(43)44/h5-12,15-16,27-28,33-34H,1-4H3. The van der Waals surface area contributed by atoms with E-state index in [2.05, 4.69) is 10.6 Å². The lowest BCUT2D eigenvalue weighted by molar-refractivity contribution is -0.385. The first-order valence-electron chi connectivity index (χ1n) is 13.7. The molecule has 2 aliphatic heterocycles. The molecule has 0 aromatic heterocycles. The number of methoxy groups -OCH3 is 2. The number of nitrogens with zero attached hydrogens (tertiary/aromatic N) is 2. The van der Waals surface area contributed by atoms with E-state index in [0.29, 0.717) is 0 Å². The highest BCUT2D eigenvalue weighted by molar-refractivity contribution is 6.05. The lowest BCUT2D eigenvalue weighted by atomic mass is 9.84. The Hall–Kier alpha value is -6.56. The molecular weight excluding hydrogens is 616 g/mol. The van der Waals surface area contributed by atoms with Crippen molar-refractivity contribution < 1.29 is 43.2 Å². The zero-order chi connectivity index (χ0) is 34.4. The number of nitro groups is 2. The van der Waals surface area contributed by atoms with Crippen LogP contribution in [0.15, 0.2) is 106 Å². The molecule has 15 nitrogen and oxygen atoms in total. The monoisotopic (exact) mass is 642 g/mol. The highest BCUT2D eigenvalue weighted by Crippen LogP contribution is 2.42. The lowest BCUT2D eigenvalue weighted by Gasteiger charge is -2.31. The highest BCUT2D eigenvalue weighted by Gasteiger charge is 2.41. The summed E-state index contributed by atoms with van der Waals surface area (Å²) in [5.74, 6) is -1.40.